The fourth-order valence-corrected chi connectivity index (χ4v) is 2.88. The second-order valence-corrected chi connectivity index (χ2v) is 5.66. The van der Waals surface area contributed by atoms with Crippen LogP contribution in [0.3, 0.4) is 0 Å². The summed E-state index contributed by atoms with van der Waals surface area (Å²) in [6.07, 6.45) is 0. The molecule has 0 radical (unpaired) electrons. The number of nitrogens with one attached hydrogen (secondary N) is 2. The largest absolute Gasteiger partial charge is 0.493 e. The molecular formula is C15H17N3O5S. The van der Waals surface area contributed by atoms with Gasteiger partial charge in [0.1, 0.15) is 16.5 Å². The topological polar surface area (TPSA) is 110 Å². The van der Waals surface area contributed by atoms with Crippen LogP contribution in [0.5, 0.6) is 11.5 Å². The minimum absolute atomic E-state index is 0.359. The van der Waals surface area contributed by atoms with Gasteiger partial charge >= 0.3 is 0 Å². The quantitative estimate of drug-likeness (QED) is 0.690. The Balaban J connectivity index is 2.25. The lowest BCUT2D eigenvalue weighted by molar-refractivity contribution is -0.124. The normalized spacial score (nSPS) is 10.2. The number of thiazole rings is 1. The summed E-state index contributed by atoms with van der Waals surface area (Å²) in [7, 11) is 3.09. The zero-order valence-electron chi connectivity index (χ0n) is 13.4. The van der Waals surface area contributed by atoms with Crippen LogP contribution < -0.4 is 20.3 Å². The summed E-state index contributed by atoms with van der Waals surface area (Å²) in [5.41, 5.74) is 5.62. The Bertz CT molecular complexity index is 760. The maximum Gasteiger partial charge on any atom is 0.281 e. The van der Waals surface area contributed by atoms with E-state index in [-0.39, 0.29) is 0 Å². The van der Waals surface area contributed by atoms with Gasteiger partial charge in [-0.1, -0.05) is 0 Å². The number of hydrogen-bond donors (Lipinski definition) is 3. The van der Waals surface area contributed by atoms with Gasteiger partial charge < -0.3 is 14.6 Å². The first-order valence-electron chi connectivity index (χ1n) is 6.90. The number of aliphatic hydroxyl groups excluding tert-OH is 1. The van der Waals surface area contributed by atoms with Crippen LogP contribution in [0.4, 0.5) is 0 Å². The van der Waals surface area contributed by atoms with Gasteiger partial charge in [-0.15, -0.1) is 11.3 Å². The predicted molar refractivity (Wildman–Crippen MR) is 88.1 cm³/mol. The van der Waals surface area contributed by atoms with Gasteiger partial charge in [-0.05, 0) is 25.1 Å². The number of carbonyl (C=O) groups excluding carboxylic acids is 2. The van der Waals surface area contributed by atoms with E-state index in [0.717, 1.165) is 5.56 Å². The third-order valence-electron chi connectivity index (χ3n) is 3.09. The number of aliphatic hydroxyl groups is 1. The van der Waals surface area contributed by atoms with Crippen LogP contribution in [-0.4, -0.2) is 42.7 Å². The van der Waals surface area contributed by atoms with E-state index in [1.54, 1.807) is 26.2 Å². The first-order valence-corrected chi connectivity index (χ1v) is 7.71. The molecule has 0 saturated heterocycles. The van der Waals surface area contributed by atoms with Crippen LogP contribution in [-0.2, 0) is 4.79 Å². The molecule has 2 aromatic rings. The number of aryl methyl sites for hydroxylation is 1. The van der Waals surface area contributed by atoms with Crippen molar-refractivity contribution in [3.8, 4) is 22.1 Å². The molecule has 0 aliphatic rings. The second kappa shape index (κ2) is 7.75. The summed E-state index contributed by atoms with van der Waals surface area (Å²) < 4.78 is 10.5. The number of nitrogens with zero attached hydrogens (tertiary/aromatic N) is 1. The monoisotopic (exact) mass is 351 g/mol. The molecule has 3 N–H and O–H groups in total. The van der Waals surface area contributed by atoms with E-state index in [2.05, 4.69) is 15.8 Å². The summed E-state index contributed by atoms with van der Waals surface area (Å²) in [6.45, 7) is 0.988. The van der Waals surface area contributed by atoms with Crippen LogP contribution in [0.2, 0.25) is 0 Å². The average molecular weight is 351 g/mol. The summed E-state index contributed by atoms with van der Waals surface area (Å²) in [5, 5.41) is 9.25. The van der Waals surface area contributed by atoms with E-state index in [4.69, 9.17) is 14.6 Å². The number of aromatic nitrogens is 1. The molecule has 2 rings (SSSR count). The number of ether oxygens (including phenoxy) is 2. The third kappa shape index (κ3) is 3.81. The lowest BCUT2D eigenvalue weighted by Crippen LogP contribution is -2.42. The van der Waals surface area contributed by atoms with E-state index in [0.29, 0.717) is 27.1 Å². The van der Waals surface area contributed by atoms with Crippen LogP contribution in [0.15, 0.2) is 18.2 Å². The van der Waals surface area contributed by atoms with Crippen molar-refractivity contribution in [1.29, 1.82) is 0 Å². The minimum Gasteiger partial charge on any atom is -0.493 e. The van der Waals surface area contributed by atoms with E-state index in [1.807, 2.05) is 6.07 Å². The molecule has 128 valence electrons. The van der Waals surface area contributed by atoms with Crippen LogP contribution in [0, 0.1) is 6.92 Å². The van der Waals surface area contributed by atoms with Gasteiger partial charge in [0.15, 0.2) is 11.5 Å². The first kappa shape index (κ1) is 17.7. The predicted octanol–water partition coefficient (Wildman–Crippen LogP) is 0.889. The van der Waals surface area contributed by atoms with Crippen molar-refractivity contribution in [3.05, 3.63) is 28.8 Å². The number of methoxy groups -OCH3 is 2. The van der Waals surface area contributed by atoms with Gasteiger partial charge in [0.05, 0.1) is 19.9 Å². The summed E-state index contributed by atoms with van der Waals surface area (Å²) in [4.78, 5) is 27.8. The smallest absolute Gasteiger partial charge is 0.281 e. The molecule has 0 aliphatic carbocycles. The fraction of sp³-hybridized carbons (Fsp3) is 0.267. The summed E-state index contributed by atoms with van der Waals surface area (Å²) in [6, 6.07) is 5.34. The molecule has 9 heteroatoms. The number of hydrazine groups is 1. The molecule has 0 bridgehead atoms. The molecule has 0 saturated carbocycles. The molecule has 0 aliphatic heterocycles. The number of hydrogen-bond acceptors (Lipinski definition) is 7. The van der Waals surface area contributed by atoms with Crippen molar-refractivity contribution in [3.63, 3.8) is 0 Å². The van der Waals surface area contributed by atoms with E-state index in [1.165, 1.54) is 18.4 Å². The molecular weight excluding hydrogens is 334 g/mol. The highest BCUT2D eigenvalue weighted by Gasteiger charge is 2.17. The summed E-state index contributed by atoms with van der Waals surface area (Å²) in [5.74, 6) is -0.0487. The Labute approximate surface area is 142 Å². The van der Waals surface area contributed by atoms with Crippen molar-refractivity contribution in [2.75, 3.05) is 20.8 Å². The van der Waals surface area contributed by atoms with Gasteiger partial charge in [-0.2, -0.15) is 0 Å². The zero-order chi connectivity index (χ0) is 17.7. The molecule has 0 unspecified atom stereocenters. The molecule has 8 nitrogen and oxygen atoms in total. The molecule has 1 aromatic heterocycles. The van der Waals surface area contributed by atoms with Crippen molar-refractivity contribution in [2.45, 2.75) is 6.92 Å². The van der Waals surface area contributed by atoms with Crippen molar-refractivity contribution in [1.82, 2.24) is 15.8 Å². The lowest BCUT2D eigenvalue weighted by atomic mass is 10.2. The first-order chi connectivity index (χ1) is 11.5. The SMILES string of the molecule is COc1ccc(-c2nc(C)c(C(=O)NNC(=O)CO)s2)cc1OC. The molecule has 1 heterocycles. The number of benzene rings is 1. The van der Waals surface area contributed by atoms with Gasteiger partial charge in [-0.3, -0.25) is 20.4 Å². The van der Waals surface area contributed by atoms with Gasteiger partial charge in [0, 0.05) is 5.56 Å². The summed E-state index contributed by atoms with van der Waals surface area (Å²) >= 11 is 1.18. The highest BCUT2D eigenvalue weighted by atomic mass is 32.1. The van der Waals surface area contributed by atoms with Crippen molar-refractivity contribution in [2.24, 2.45) is 0 Å². The maximum absolute atomic E-state index is 12.1. The molecule has 24 heavy (non-hydrogen) atoms. The average Bonchev–Trinajstić information content (AvgIpc) is 3.00. The van der Waals surface area contributed by atoms with E-state index >= 15 is 0 Å². The van der Waals surface area contributed by atoms with Gasteiger partial charge in [0.25, 0.3) is 11.8 Å². The Morgan fingerprint density at radius 1 is 1.21 bits per heavy atom. The Hall–Kier alpha value is -2.65. The van der Waals surface area contributed by atoms with Gasteiger partial charge in [0.2, 0.25) is 0 Å². The third-order valence-corrected chi connectivity index (χ3v) is 4.30. The van der Waals surface area contributed by atoms with Crippen molar-refractivity contribution < 1.29 is 24.2 Å². The van der Waals surface area contributed by atoms with Gasteiger partial charge in [-0.25, -0.2) is 4.98 Å². The standard InChI is InChI=1S/C15H17N3O5S/c1-8-13(14(21)18-17-12(20)7-19)24-15(16-8)9-4-5-10(22-2)11(6-9)23-3/h4-6,19H,7H2,1-3H3,(H,17,20)(H,18,21). The van der Waals surface area contributed by atoms with E-state index < -0.39 is 18.4 Å². The molecule has 0 spiro atoms. The van der Waals surface area contributed by atoms with Crippen LogP contribution in [0.1, 0.15) is 15.4 Å². The molecule has 1 aromatic carbocycles. The Morgan fingerprint density at radius 2 is 1.92 bits per heavy atom. The van der Waals surface area contributed by atoms with Crippen LogP contribution in [0.25, 0.3) is 10.6 Å². The Morgan fingerprint density at radius 3 is 2.54 bits per heavy atom. The minimum atomic E-state index is -0.709. The number of carbonyl (C=O) groups is 2. The van der Waals surface area contributed by atoms with E-state index in [9.17, 15) is 9.59 Å². The second-order valence-electron chi connectivity index (χ2n) is 4.66. The fourth-order valence-electron chi connectivity index (χ4n) is 1.92. The highest BCUT2D eigenvalue weighted by Crippen LogP contribution is 2.34. The van der Waals surface area contributed by atoms with Crippen molar-refractivity contribution >= 4 is 23.2 Å². The number of rotatable bonds is 5. The molecule has 2 amide bonds. The molecule has 0 fully saturated rings. The maximum atomic E-state index is 12.1. The van der Waals surface area contributed by atoms with Crippen LogP contribution >= 0.6 is 11.3 Å². The Kier molecular flexibility index (Phi) is 5.72. The highest BCUT2D eigenvalue weighted by molar-refractivity contribution is 7.17. The zero-order valence-corrected chi connectivity index (χ0v) is 14.2. The molecule has 0 atom stereocenters. The number of amides is 2. The lowest BCUT2D eigenvalue weighted by Gasteiger charge is -2.08.